The Kier molecular flexibility index (Phi) is 11.5. The first-order valence-electron chi connectivity index (χ1n) is 14.0. The number of rotatable bonds is 10. The molecule has 3 rings (SSSR count). The molecule has 16 nitrogen and oxygen atoms in total. The van der Waals surface area contributed by atoms with Crippen LogP contribution in [-0.2, 0) is 42.7 Å². The summed E-state index contributed by atoms with van der Waals surface area (Å²) in [5.74, 6) is -2.20. The van der Waals surface area contributed by atoms with Crippen molar-refractivity contribution in [2.24, 2.45) is 0 Å². The van der Waals surface area contributed by atoms with Gasteiger partial charge in [0.15, 0.2) is 35.5 Å². The largest absolute Gasteiger partial charge is 0.509 e. The number of amides is 1. The summed E-state index contributed by atoms with van der Waals surface area (Å²) in [4.78, 5) is 62.1. The van der Waals surface area contributed by atoms with Crippen LogP contribution in [0.25, 0.3) is 11.2 Å². The van der Waals surface area contributed by atoms with Crippen LogP contribution in [0.1, 0.15) is 61.6 Å². The Hall–Kier alpha value is -3.83. The van der Waals surface area contributed by atoms with Crippen LogP contribution in [0.5, 0.6) is 0 Å². The zero-order valence-corrected chi connectivity index (χ0v) is 26.9. The first-order chi connectivity index (χ1) is 20.9. The number of esters is 2. The van der Waals surface area contributed by atoms with Crippen LogP contribution < -0.4 is 5.32 Å². The number of hydrogen-bond donors (Lipinski definition) is 1. The normalized spacial score (nSPS) is 20.2. The second-order valence-electron chi connectivity index (χ2n) is 11.6. The Bertz CT molecular complexity index is 1380. The minimum atomic E-state index is -2.09. The van der Waals surface area contributed by atoms with E-state index in [1.165, 1.54) is 13.8 Å². The number of aromatic nitrogens is 4. The summed E-state index contributed by atoms with van der Waals surface area (Å²) in [5, 5.41) is 2.11. The zero-order valence-electron chi connectivity index (χ0n) is 26.1. The summed E-state index contributed by atoms with van der Waals surface area (Å²) >= 11 is 6.11. The van der Waals surface area contributed by atoms with E-state index in [0.717, 1.165) is 10.9 Å². The lowest BCUT2D eigenvalue weighted by Gasteiger charge is -2.24. The zero-order chi connectivity index (χ0) is 33.7. The number of carbonyl (C=O) groups is 4. The fourth-order valence-electron chi connectivity index (χ4n) is 4.00. The molecular formula is C27H37ClFN5O11. The third-order valence-electron chi connectivity index (χ3n) is 5.60. The lowest BCUT2D eigenvalue weighted by molar-refractivity contribution is -0.177. The molecule has 2 aromatic heterocycles. The molecule has 45 heavy (non-hydrogen) atoms. The number of carbonyl (C=O) groups excluding carboxylic acids is 4. The molecule has 0 aromatic carbocycles. The first-order valence-corrected chi connectivity index (χ1v) is 14.4. The molecule has 3 heterocycles. The highest BCUT2D eigenvalue weighted by atomic mass is 35.5. The highest BCUT2D eigenvalue weighted by Crippen LogP contribution is 2.37. The van der Waals surface area contributed by atoms with Crippen LogP contribution in [-0.4, -0.2) is 99.2 Å². The van der Waals surface area contributed by atoms with Gasteiger partial charge in [-0.2, -0.15) is 9.97 Å². The van der Waals surface area contributed by atoms with Gasteiger partial charge >= 0.3 is 24.2 Å². The van der Waals surface area contributed by atoms with E-state index in [-0.39, 0.29) is 35.5 Å². The van der Waals surface area contributed by atoms with Gasteiger partial charge in [0, 0.05) is 0 Å². The van der Waals surface area contributed by atoms with Crippen LogP contribution in [0.15, 0.2) is 6.33 Å². The summed E-state index contributed by atoms with van der Waals surface area (Å²) in [5.41, 5.74) is -1.84. The van der Waals surface area contributed by atoms with Gasteiger partial charge in [-0.25, -0.2) is 28.6 Å². The maximum atomic E-state index is 16.2. The number of nitrogens with zero attached hydrogens (tertiary/aromatic N) is 4. The number of ether oxygens (including phenoxy) is 7. The predicted molar refractivity (Wildman–Crippen MR) is 153 cm³/mol. The Morgan fingerprint density at radius 2 is 1.62 bits per heavy atom. The molecule has 1 saturated heterocycles. The molecule has 1 aliphatic rings. The molecule has 2 aromatic rings. The van der Waals surface area contributed by atoms with Gasteiger partial charge < -0.3 is 33.2 Å². The van der Waals surface area contributed by atoms with Gasteiger partial charge in [-0.05, 0) is 67.0 Å². The number of hydrogen-bond acceptors (Lipinski definition) is 14. The fourth-order valence-corrected chi connectivity index (χ4v) is 4.17. The van der Waals surface area contributed by atoms with Crippen molar-refractivity contribution in [3.63, 3.8) is 0 Å². The molecule has 0 spiro atoms. The summed E-state index contributed by atoms with van der Waals surface area (Å²) in [6, 6.07) is 0. The number of alkyl halides is 1. The molecule has 1 aliphatic heterocycles. The van der Waals surface area contributed by atoms with Gasteiger partial charge in [0.25, 0.3) is 6.10 Å². The molecule has 250 valence electrons. The van der Waals surface area contributed by atoms with Crippen LogP contribution in [0.2, 0.25) is 5.28 Å². The van der Waals surface area contributed by atoms with E-state index in [1.807, 2.05) is 0 Å². The fraction of sp³-hybridized carbons (Fsp3) is 0.667. The van der Waals surface area contributed by atoms with Crippen molar-refractivity contribution in [1.29, 1.82) is 0 Å². The highest BCUT2D eigenvalue weighted by Gasteiger charge is 2.50. The van der Waals surface area contributed by atoms with Crippen molar-refractivity contribution in [2.45, 2.75) is 97.3 Å². The lowest BCUT2D eigenvalue weighted by Crippen LogP contribution is -2.42. The van der Waals surface area contributed by atoms with E-state index in [9.17, 15) is 19.2 Å². The lowest BCUT2D eigenvalue weighted by atomic mass is 10.1. The monoisotopic (exact) mass is 661 g/mol. The van der Waals surface area contributed by atoms with Crippen LogP contribution >= 0.6 is 11.6 Å². The number of fused-ring (bicyclic) bond motifs is 1. The van der Waals surface area contributed by atoms with E-state index >= 15 is 4.39 Å². The number of imidazole rings is 1. The average molecular weight is 662 g/mol. The Balaban J connectivity index is 1.94. The van der Waals surface area contributed by atoms with Crippen molar-refractivity contribution in [3.8, 4) is 0 Å². The predicted octanol–water partition coefficient (Wildman–Crippen LogP) is 3.89. The molecule has 0 aliphatic carbocycles. The second kappa shape index (κ2) is 14.5. The molecule has 1 fully saturated rings. The Labute approximate surface area is 263 Å². The van der Waals surface area contributed by atoms with Crippen LogP contribution in [0.4, 0.5) is 19.8 Å². The van der Waals surface area contributed by atoms with Gasteiger partial charge in [0.1, 0.15) is 17.3 Å². The van der Waals surface area contributed by atoms with Crippen LogP contribution in [0, 0.1) is 0 Å². The van der Waals surface area contributed by atoms with Gasteiger partial charge in [-0.1, -0.05) is 0 Å². The molecule has 1 amide bonds. The first kappa shape index (κ1) is 35.6. The van der Waals surface area contributed by atoms with E-state index in [1.54, 1.807) is 41.5 Å². The summed E-state index contributed by atoms with van der Waals surface area (Å²) in [6.45, 7) is 12.1. The van der Waals surface area contributed by atoms with Crippen molar-refractivity contribution in [3.05, 3.63) is 11.6 Å². The van der Waals surface area contributed by atoms with Gasteiger partial charge in [0.2, 0.25) is 5.28 Å². The van der Waals surface area contributed by atoms with E-state index in [0.29, 0.717) is 0 Å². The summed E-state index contributed by atoms with van der Waals surface area (Å²) in [6.07, 6.45) is -9.43. The minimum Gasteiger partial charge on any atom is -0.464 e. The Morgan fingerprint density at radius 3 is 2.18 bits per heavy atom. The second-order valence-corrected chi connectivity index (χ2v) is 11.9. The van der Waals surface area contributed by atoms with Gasteiger partial charge in [-0.3, -0.25) is 9.88 Å². The SMILES string of the molecule is CCOC(=O)C(OC[C@H]1O[C@@H](n2cnc3c(NC(=O)OC(C)(C)C)nc(Cl)nc32)[C@@H](F)[C@@H]1OC(=O)OC(C)(C)C)C(=O)OCC. The number of nitrogens with one attached hydrogen (secondary N) is 1. The molecule has 0 bridgehead atoms. The molecule has 18 heteroatoms. The summed E-state index contributed by atoms with van der Waals surface area (Å²) < 4.78 is 54.2. The highest BCUT2D eigenvalue weighted by molar-refractivity contribution is 6.28. The average Bonchev–Trinajstić information content (AvgIpc) is 3.43. The summed E-state index contributed by atoms with van der Waals surface area (Å²) in [7, 11) is 0. The standard InChI is InChI=1S/C27H37ClFN5O11/c1-9-39-21(35)17(22(36)40-10-2)41-11-13-16(43-25(38)45-27(6,7)8)14(29)20(42-13)34-12-30-15-18(31-23(28)33-19(15)34)32-24(37)44-26(3,4)5/h12-14,16-17,20H,9-11H2,1-8H3,(H,31,32,33,37)/t13-,14+,16-,20-/m1/s1. The third kappa shape index (κ3) is 9.58. The smallest absolute Gasteiger partial charge is 0.464 e. The minimum absolute atomic E-state index is 0.00931. The van der Waals surface area contributed by atoms with Crippen LogP contribution in [0.3, 0.4) is 0 Å². The maximum Gasteiger partial charge on any atom is 0.509 e. The molecule has 0 saturated carbocycles. The van der Waals surface area contributed by atoms with Crippen molar-refractivity contribution >= 4 is 52.8 Å². The van der Waals surface area contributed by atoms with Crippen molar-refractivity contribution in [2.75, 3.05) is 25.1 Å². The third-order valence-corrected chi connectivity index (χ3v) is 5.77. The molecule has 1 N–H and O–H groups in total. The molecule has 0 radical (unpaired) electrons. The van der Waals surface area contributed by atoms with E-state index < -0.39 is 72.7 Å². The molecule has 0 unspecified atom stereocenters. The van der Waals surface area contributed by atoms with Gasteiger partial charge in [-0.15, -0.1) is 0 Å². The van der Waals surface area contributed by atoms with Gasteiger partial charge in [0.05, 0.1) is 26.1 Å². The van der Waals surface area contributed by atoms with E-state index in [2.05, 4.69) is 20.3 Å². The molecular weight excluding hydrogens is 625 g/mol. The van der Waals surface area contributed by atoms with Crippen molar-refractivity contribution in [1.82, 2.24) is 19.5 Å². The number of anilines is 1. The van der Waals surface area contributed by atoms with E-state index in [4.69, 9.17) is 44.8 Å². The number of halogens is 2. The van der Waals surface area contributed by atoms with Crippen molar-refractivity contribution < 1.29 is 56.7 Å². The maximum absolute atomic E-state index is 16.2. The quantitative estimate of drug-likeness (QED) is 0.167. The topological polar surface area (TPSA) is 189 Å². The molecule has 4 atom stereocenters. The Morgan fingerprint density at radius 1 is 1.02 bits per heavy atom.